The fraction of sp³-hybridized carbons (Fsp3) is 0.514. The molecule has 1 unspecified atom stereocenters. The smallest absolute Gasteiger partial charge is 0.444 e. The Morgan fingerprint density at radius 3 is 2.34 bits per heavy atom. The van der Waals surface area contributed by atoms with Crippen LogP contribution in [0.5, 0.6) is 5.75 Å². The minimum absolute atomic E-state index is 0. The van der Waals surface area contributed by atoms with Crippen LogP contribution in [0.4, 0.5) is 37.2 Å². The average Bonchev–Trinajstić information content (AvgIpc) is 3.54. The van der Waals surface area contributed by atoms with Crippen molar-refractivity contribution in [2.75, 3.05) is 23.7 Å². The fourth-order valence-corrected chi connectivity index (χ4v) is 8.84. The number of amides is 3. The second-order valence-electron chi connectivity index (χ2n) is 16.3. The Hall–Kier alpha value is -4.94. The van der Waals surface area contributed by atoms with Gasteiger partial charge in [-0.05, 0) is 96.0 Å². The summed E-state index contributed by atoms with van der Waals surface area (Å²) >= 11 is 0. The quantitative estimate of drug-likeness (QED) is 0.186. The number of piperidine rings is 2. The summed E-state index contributed by atoms with van der Waals surface area (Å²) in [6.07, 6.45) is -9.07. The molecule has 19 heteroatoms. The highest BCUT2D eigenvalue weighted by atomic mass is 32.2. The standard InChI is InChI=1S/C37H42F5N5O8S.2H2/c1-34(2,3)53-32(49)43-25-18-56(7,51)27-13-24(38)23(12-26(27)47(29(25)48)17-20-8-10-22(11-9-20)52-37(41,42)30(39)40)28-44-31(55-45-28)36-14-21(15-36)16-46(19-36)33(50)54-35(4,5)6;;/h8-13,21,25,30H,7,14-19H2,1-6H3,(H,43,49);2*1H/t21?,25-,36?,56?;;/m0../s1. The van der Waals surface area contributed by atoms with Crippen LogP contribution in [0.3, 0.4) is 0 Å². The lowest BCUT2D eigenvalue weighted by Gasteiger charge is -2.53. The summed E-state index contributed by atoms with van der Waals surface area (Å²) < 4.78 is 104. The van der Waals surface area contributed by atoms with Crippen molar-refractivity contribution in [3.8, 4) is 17.1 Å². The zero-order chi connectivity index (χ0) is 41.2. The van der Waals surface area contributed by atoms with Gasteiger partial charge in [0.05, 0.1) is 28.1 Å². The van der Waals surface area contributed by atoms with E-state index in [2.05, 4.69) is 26.1 Å². The van der Waals surface area contributed by atoms with Gasteiger partial charge in [0.1, 0.15) is 28.8 Å². The van der Waals surface area contributed by atoms with E-state index in [1.165, 1.54) is 18.2 Å². The van der Waals surface area contributed by atoms with Gasteiger partial charge in [0, 0.05) is 31.2 Å². The number of aromatic nitrogens is 2. The van der Waals surface area contributed by atoms with Gasteiger partial charge in [0.2, 0.25) is 11.7 Å². The highest BCUT2D eigenvalue weighted by Gasteiger charge is 2.56. The van der Waals surface area contributed by atoms with Gasteiger partial charge in [0.25, 0.3) is 5.91 Å². The van der Waals surface area contributed by atoms with Crippen molar-refractivity contribution in [3.05, 3.63) is 53.7 Å². The molecule has 0 spiro atoms. The zero-order valence-corrected chi connectivity index (χ0v) is 32.3. The maximum atomic E-state index is 16.1. The molecule has 3 fully saturated rings. The topological polar surface area (TPSA) is 153 Å². The van der Waals surface area contributed by atoms with E-state index in [-0.39, 0.29) is 55.3 Å². The van der Waals surface area contributed by atoms with E-state index in [0.717, 1.165) is 23.1 Å². The van der Waals surface area contributed by atoms with Crippen molar-refractivity contribution in [1.82, 2.24) is 20.4 Å². The first-order valence-corrected chi connectivity index (χ1v) is 19.5. The highest BCUT2D eigenvalue weighted by Crippen LogP contribution is 2.52. The van der Waals surface area contributed by atoms with Gasteiger partial charge < -0.3 is 33.9 Å². The molecule has 13 nitrogen and oxygen atoms in total. The summed E-state index contributed by atoms with van der Waals surface area (Å²) in [6, 6.07) is 5.10. The normalized spacial score (nSPS) is 23.9. The van der Waals surface area contributed by atoms with Gasteiger partial charge in [-0.25, -0.2) is 14.0 Å². The Balaban J connectivity index is 0.00000372. The molecular weight excluding hydrogens is 769 g/mol. The Morgan fingerprint density at radius 1 is 1.09 bits per heavy atom. The molecule has 1 saturated carbocycles. The maximum absolute atomic E-state index is 16.1. The molecule has 1 aromatic heterocycles. The van der Waals surface area contributed by atoms with Crippen molar-refractivity contribution in [1.29, 1.82) is 0 Å². The van der Waals surface area contributed by atoms with Crippen LogP contribution in [0.2, 0.25) is 0 Å². The van der Waals surface area contributed by atoms with E-state index in [9.17, 15) is 36.2 Å². The minimum Gasteiger partial charge on any atom is -0.444 e. The first kappa shape index (κ1) is 40.7. The number of carbonyl (C=O) groups excluding carboxylic acids is 3. The first-order valence-electron chi connectivity index (χ1n) is 17.6. The van der Waals surface area contributed by atoms with Crippen molar-refractivity contribution in [2.45, 2.75) is 101 Å². The number of anilines is 1. The lowest BCUT2D eigenvalue weighted by atomic mass is 9.58. The second kappa shape index (κ2) is 14.2. The number of carbonyl (C=O) groups is 3. The molecule has 2 atom stereocenters. The number of benzene rings is 2. The van der Waals surface area contributed by atoms with Crippen LogP contribution in [0, 0.1) is 11.7 Å². The molecule has 2 bridgehead atoms. The molecule has 4 aliphatic rings. The van der Waals surface area contributed by atoms with Crippen molar-refractivity contribution in [3.63, 3.8) is 0 Å². The van der Waals surface area contributed by atoms with Crippen LogP contribution in [-0.2, 0) is 35.7 Å². The lowest BCUT2D eigenvalue weighted by Crippen LogP contribution is -2.61. The van der Waals surface area contributed by atoms with E-state index < -0.39 is 80.1 Å². The van der Waals surface area contributed by atoms with E-state index >= 15 is 4.39 Å². The molecular formula is C37H46F5N5O8S. The maximum Gasteiger partial charge on any atom is 0.461 e. The number of nitrogens with one attached hydrogen (secondary N) is 1. The van der Waals surface area contributed by atoms with E-state index in [0.29, 0.717) is 19.4 Å². The van der Waals surface area contributed by atoms with E-state index in [4.69, 9.17) is 14.0 Å². The third-order valence-corrected chi connectivity index (χ3v) is 11.3. The van der Waals surface area contributed by atoms with Gasteiger partial charge in [-0.3, -0.25) is 9.00 Å². The summed E-state index contributed by atoms with van der Waals surface area (Å²) in [7, 11) is -3.54. The lowest BCUT2D eigenvalue weighted by molar-refractivity contribution is -0.253. The van der Waals surface area contributed by atoms with Gasteiger partial charge in [0.15, 0.2) is 0 Å². The van der Waals surface area contributed by atoms with Crippen molar-refractivity contribution >= 4 is 39.2 Å². The van der Waals surface area contributed by atoms with Gasteiger partial charge in [-0.1, -0.05) is 17.3 Å². The molecule has 1 N–H and O–H groups in total. The number of nitrogens with zero attached hydrogens (tertiary/aromatic N) is 4. The number of rotatable bonds is 8. The summed E-state index contributed by atoms with van der Waals surface area (Å²) in [5, 5.41) is 6.48. The molecule has 1 aliphatic carbocycles. The van der Waals surface area contributed by atoms with Crippen molar-refractivity contribution in [2.24, 2.45) is 5.92 Å². The van der Waals surface area contributed by atoms with Crippen LogP contribution >= 0.6 is 0 Å². The minimum atomic E-state index is -4.76. The number of hydrogen-bond acceptors (Lipinski definition) is 10. The largest absolute Gasteiger partial charge is 0.461 e. The number of hydrogen-bond donors (Lipinski definition) is 1. The Kier molecular flexibility index (Phi) is 10.3. The molecule has 3 amide bonds. The van der Waals surface area contributed by atoms with Crippen LogP contribution in [0.1, 0.15) is 68.7 Å². The van der Waals surface area contributed by atoms with Crippen LogP contribution < -0.4 is 15.0 Å². The van der Waals surface area contributed by atoms with Crippen molar-refractivity contribution < 1.29 is 62.1 Å². The van der Waals surface area contributed by atoms with E-state index in [1.807, 2.05) is 0 Å². The van der Waals surface area contributed by atoms with Crippen LogP contribution in [-0.4, -0.2) is 91.8 Å². The highest BCUT2D eigenvalue weighted by molar-refractivity contribution is 8.00. The molecule has 7 rings (SSSR count). The Morgan fingerprint density at radius 2 is 1.73 bits per heavy atom. The summed E-state index contributed by atoms with van der Waals surface area (Å²) in [5.41, 5.74) is -2.46. The average molecular weight is 816 g/mol. The third-order valence-electron chi connectivity index (χ3n) is 9.31. The number of fused-ring (bicyclic) bond motifs is 3. The summed E-state index contributed by atoms with van der Waals surface area (Å²) in [6.45, 7) is 10.4. The van der Waals surface area contributed by atoms with Gasteiger partial charge in [-0.2, -0.15) is 22.5 Å². The Labute approximate surface area is 322 Å². The second-order valence-corrected chi connectivity index (χ2v) is 18.7. The molecule has 4 heterocycles. The third kappa shape index (κ3) is 8.56. The first-order chi connectivity index (χ1) is 25.8. The van der Waals surface area contributed by atoms with E-state index in [1.54, 1.807) is 46.4 Å². The van der Waals surface area contributed by atoms with Gasteiger partial charge in [-0.15, -0.1) is 0 Å². The Bertz CT molecular complexity index is 2140. The molecule has 0 radical (unpaired) electrons. The summed E-state index contributed by atoms with van der Waals surface area (Å²) in [5.74, 6) is 1.06. The number of alkyl carbamates (subject to hydrolysis) is 1. The molecule has 3 aliphatic heterocycles. The number of ether oxygens (including phenoxy) is 3. The predicted molar refractivity (Wildman–Crippen MR) is 197 cm³/mol. The fourth-order valence-electron chi connectivity index (χ4n) is 7.03. The molecule has 3 aromatic rings. The van der Waals surface area contributed by atoms with Crippen LogP contribution in [0.15, 0.2) is 45.8 Å². The molecule has 2 aromatic carbocycles. The predicted octanol–water partition coefficient (Wildman–Crippen LogP) is 7.02. The number of alkyl halides is 4. The molecule has 56 heavy (non-hydrogen) atoms. The van der Waals surface area contributed by atoms with Gasteiger partial charge >= 0.3 is 24.7 Å². The zero-order valence-electron chi connectivity index (χ0n) is 31.5. The molecule has 308 valence electrons. The summed E-state index contributed by atoms with van der Waals surface area (Å²) in [4.78, 5) is 47.1. The van der Waals surface area contributed by atoms with Crippen LogP contribution in [0.25, 0.3) is 11.4 Å². The molecule has 2 saturated heterocycles. The SMILES string of the molecule is C=S1(=O)C[C@H](NC(=O)OC(C)(C)C)C(=O)N(Cc2ccc(OC(F)(F)C(F)F)cc2)c2cc(-c3noc(C45CC(CN(C(=O)OC(C)(C)C)C4)C5)n3)c(F)cc21.[HH].[HH]. The number of halogens is 5. The monoisotopic (exact) mass is 815 g/mol.